The van der Waals surface area contributed by atoms with Crippen molar-refractivity contribution in [2.24, 2.45) is 4.99 Å². The van der Waals surface area contributed by atoms with E-state index in [1.165, 1.54) is 11.3 Å². The van der Waals surface area contributed by atoms with Crippen LogP contribution in [0.25, 0.3) is 5.69 Å². The minimum absolute atomic E-state index is 0.121. The summed E-state index contributed by atoms with van der Waals surface area (Å²) in [4.78, 5) is 5.00. The summed E-state index contributed by atoms with van der Waals surface area (Å²) in [5.41, 5.74) is 1.68. The molecule has 0 unspecified atom stereocenters. The average Bonchev–Trinajstić information content (AvgIpc) is 2.81. The molecule has 0 atom stereocenters. The highest BCUT2D eigenvalue weighted by Gasteiger charge is 2.11. The molecule has 0 aliphatic heterocycles. The standard InChI is InChI=1S/C16H12N2OS2/c19-15-14(11-17-12-7-3-1-4-8-12)21-16(20)18(15)13-9-5-2-6-10-13/h1-11,19H. The van der Waals surface area contributed by atoms with Crippen molar-refractivity contribution in [2.75, 3.05) is 0 Å². The third kappa shape index (κ3) is 2.94. The van der Waals surface area contributed by atoms with Crippen LogP contribution in [-0.4, -0.2) is 15.9 Å². The van der Waals surface area contributed by atoms with Crippen LogP contribution in [0.1, 0.15) is 4.88 Å². The van der Waals surface area contributed by atoms with Crippen LogP contribution in [0.15, 0.2) is 65.7 Å². The van der Waals surface area contributed by atoms with Crippen molar-refractivity contribution in [3.8, 4) is 11.6 Å². The van der Waals surface area contributed by atoms with E-state index in [-0.39, 0.29) is 5.88 Å². The average molecular weight is 312 g/mol. The summed E-state index contributed by atoms with van der Waals surface area (Å²) in [5, 5.41) is 10.4. The number of aliphatic imine (C=N–C) groups is 1. The largest absolute Gasteiger partial charge is 0.493 e. The Kier molecular flexibility index (Phi) is 3.94. The minimum Gasteiger partial charge on any atom is -0.493 e. The highest BCUT2D eigenvalue weighted by molar-refractivity contribution is 7.73. The van der Waals surface area contributed by atoms with Crippen LogP contribution >= 0.6 is 23.6 Å². The number of aromatic nitrogens is 1. The van der Waals surface area contributed by atoms with E-state index in [4.69, 9.17) is 12.2 Å². The van der Waals surface area contributed by atoms with Crippen LogP contribution in [0.5, 0.6) is 5.88 Å². The van der Waals surface area contributed by atoms with Crippen LogP contribution in [0, 0.1) is 3.95 Å². The third-order valence-electron chi connectivity index (χ3n) is 2.91. The Morgan fingerprint density at radius 2 is 1.62 bits per heavy atom. The first kappa shape index (κ1) is 13.7. The first-order chi connectivity index (χ1) is 10.3. The monoisotopic (exact) mass is 312 g/mol. The Bertz CT molecular complexity index is 820. The summed E-state index contributed by atoms with van der Waals surface area (Å²) in [7, 11) is 0. The molecule has 0 saturated carbocycles. The number of aromatic hydroxyl groups is 1. The van der Waals surface area contributed by atoms with E-state index in [0.717, 1.165) is 11.4 Å². The zero-order chi connectivity index (χ0) is 14.7. The molecule has 0 radical (unpaired) electrons. The zero-order valence-electron chi connectivity index (χ0n) is 11.0. The van der Waals surface area contributed by atoms with E-state index in [0.29, 0.717) is 8.83 Å². The summed E-state index contributed by atoms with van der Waals surface area (Å²) in [6, 6.07) is 19.1. The molecule has 1 aromatic heterocycles. The number of para-hydroxylation sites is 2. The van der Waals surface area contributed by atoms with Gasteiger partial charge < -0.3 is 5.11 Å². The second-order valence-electron chi connectivity index (χ2n) is 4.32. The number of nitrogens with zero attached hydrogens (tertiary/aromatic N) is 2. The molecular formula is C16H12N2OS2. The van der Waals surface area contributed by atoms with Gasteiger partial charge in [-0.25, -0.2) is 0 Å². The van der Waals surface area contributed by atoms with Gasteiger partial charge in [0.2, 0.25) is 5.88 Å². The fourth-order valence-corrected chi connectivity index (χ4v) is 3.14. The lowest BCUT2D eigenvalue weighted by molar-refractivity contribution is 0.441. The molecule has 21 heavy (non-hydrogen) atoms. The van der Waals surface area contributed by atoms with Gasteiger partial charge in [-0.05, 0) is 36.5 Å². The molecule has 0 aliphatic carbocycles. The molecule has 3 aromatic rings. The van der Waals surface area contributed by atoms with Gasteiger partial charge in [0.25, 0.3) is 0 Å². The minimum atomic E-state index is 0.121. The van der Waals surface area contributed by atoms with Crippen LogP contribution in [0.4, 0.5) is 5.69 Å². The van der Waals surface area contributed by atoms with E-state index < -0.39 is 0 Å². The number of benzene rings is 2. The van der Waals surface area contributed by atoms with Gasteiger partial charge in [0, 0.05) is 0 Å². The lowest BCUT2D eigenvalue weighted by atomic mass is 10.3. The maximum absolute atomic E-state index is 10.4. The number of rotatable bonds is 3. The van der Waals surface area contributed by atoms with Gasteiger partial charge >= 0.3 is 0 Å². The van der Waals surface area contributed by atoms with E-state index >= 15 is 0 Å². The summed E-state index contributed by atoms with van der Waals surface area (Å²) < 4.78 is 2.24. The van der Waals surface area contributed by atoms with Gasteiger partial charge in [-0.3, -0.25) is 9.56 Å². The summed E-state index contributed by atoms with van der Waals surface area (Å²) in [6.45, 7) is 0. The summed E-state index contributed by atoms with van der Waals surface area (Å²) in [6.07, 6.45) is 1.64. The maximum atomic E-state index is 10.4. The molecule has 0 aliphatic rings. The molecule has 3 rings (SSSR count). The van der Waals surface area contributed by atoms with E-state index in [9.17, 15) is 5.11 Å². The molecule has 0 spiro atoms. The molecule has 0 saturated heterocycles. The topological polar surface area (TPSA) is 37.5 Å². The van der Waals surface area contributed by atoms with Gasteiger partial charge in [-0.1, -0.05) is 47.7 Å². The van der Waals surface area contributed by atoms with Crippen molar-refractivity contribution >= 4 is 35.5 Å². The number of hydrogen-bond acceptors (Lipinski definition) is 4. The maximum Gasteiger partial charge on any atom is 0.216 e. The van der Waals surface area contributed by atoms with Gasteiger partial charge in [-0.2, -0.15) is 0 Å². The van der Waals surface area contributed by atoms with Crippen LogP contribution in [-0.2, 0) is 0 Å². The SMILES string of the molecule is Oc1c(C=Nc2ccccc2)sc(=S)n1-c1ccccc1. The number of thiazole rings is 1. The van der Waals surface area contributed by atoms with Crippen molar-refractivity contribution in [1.82, 2.24) is 4.57 Å². The normalized spacial score (nSPS) is 11.0. The van der Waals surface area contributed by atoms with Crippen molar-refractivity contribution in [3.05, 3.63) is 69.5 Å². The fourth-order valence-electron chi connectivity index (χ4n) is 1.92. The lowest BCUT2D eigenvalue weighted by Crippen LogP contribution is -1.92. The molecular weight excluding hydrogens is 300 g/mol. The van der Waals surface area contributed by atoms with E-state index in [2.05, 4.69) is 4.99 Å². The molecule has 1 heterocycles. The highest BCUT2D eigenvalue weighted by Crippen LogP contribution is 2.28. The smallest absolute Gasteiger partial charge is 0.216 e. The fraction of sp³-hybridized carbons (Fsp3) is 0. The molecule has 104 valence electrons. The first-order valence-corrected chi connectivity index (χ1v) is 7.57. The highest BCUT2D eigenvalue weighted by atomic mass is 32.1. The number of hydrogen-bond donors (Lipinski definition) is 1. The quantitative estimate of drug-likeness (QED) is 0.561. The Hall–Kier alpha value is -2.24. The summed E-state index contributed by atoms with van der Waals surface area (Å²) >= 11 is 6.67. The lowest BCUT2D eigenvalue weighted by Gasteiger charge is -2.03. The van der Waals surface area contributed by atoms with Gasteiger partial charge in [0.05, 0.1) is 17.6 Å². The second kappa shape index (κ2) is 6.03. The molecule has 3 nitrogen and oxygen atoms in total. The predicted octanol–water partition coefficient (Wildman–Crippen LogP) is 4.72. The van der Waals surface area contributed by atoms with E-state index in [1.807, 2.05) is 60.7 Å². The zero-order valence-corrected chi connectivity index (χ0v) is 12.6. The summed E-state index contributed by atoms with van der Waals surface area (Å²) in [5.74, 6) is 0.121. The molecule has 5 heteroatoms. The van der Waals surface area contributed by atoms with Crippen LogP contribution < -0.4 is 0 Å². The van der Waals surface area contributed by atoms with Crippen molar-refractivity contribution in [2.45, 2.75) is 0 Å². The van der Waals surface area contributed by atoms with Crippen LogP contribution in [0.2, 0.25) is 0 Å². The molecule has 0 fully saturated rings. The molecule has 0 bridgehead atoms. The van der Waals surface area contributed by atoms with Crippen molar-refractivity contribution in [3.63, 3.8) is 0 Å². The van der Waals surface area contributed by atoms with Gasteiger partial charge in [-0.15, -0.1) is 0 Å². The molecule has 0 amide bonds. The first-order valence-electron chi connectivity index (χ1n) is 6.35. The van der Waals surface area contributed by atoms with Gasteiger partial charge in [0.15, 0.2) is 3.95 Å². The Labute approximate surface area is 131 Å². The predicted molar refractivity (Wildman–Crippen MR) is 89.8 cm³/mol. The van der Waals surface area contributed by atoms with Crippen LogP contribution in [0.3, 0.4) is 0 Å². The van der Waals surface area contributed by atoms with Gasteiger partial charge in [0.1, 0.15) is 4.88 Å². The Balaban J connectivity index is 1.99. The third-order valence-corrected chi connectivity index (χ3v) is 4.21. The molecule has 2 aromatic carbocycles. The molecule has 1 N–H and O–H groups in total. The Morgan fingerprint density at radius 1 is 1.00 bits per heavy atom. The Morgan fingerprint density at radius 3 is 2.29 bits per heavy atom. The van der Waals surface area contributed by atoms with Crippen molar-refractivity contribution in [1.29, 1.82) is 0 Å². The van der Waals surface area contributed by atoms with E-state index in [1.54, 1.807) is 10.8 Å². The second-order valence-corrected chi connectivity index (χ2v) is 6.00. The van der Waals surface area contributed by atoms with Crippen molar-refractivity contribution < 1.29 is 5.11 Å².